The first-order valence-corrected chi connectivity index (χ1v) is 9.50. The van der Waals surface area contributed by atoms with Gasteiger partial charge in [-0.25, -0.2) is 9.97 Å². The number of rotatable bonds is 5. The molecule has 3 heterocycles. The molecule has 0 aliphatic carbocycles. The predicted octanol–water partition coefficient (Wildman–Crippen LogP) is 4.18. The summed E-state index contributed by atoms with van der Waals surface area (Å²) in [5, 5.41) is 3.27. The van der Waals surface area contributed by atoms with Gasteiger partial charge in [0.15, 0.2) is 0 Å². The van der Waals surface area contributed by atoms with Crippen molar-refractivity contribution in [3.05, 3.63) is 71.5 Å². The van der Waals surface area contributed by atoms with Gasteiger partial charge in [0, 0.05) is 25.4 Å². The van der Waals surface area contributed by atoms with E-state index in [9.17, 15) is 0 Å². The van der Waals surface area contributed by atoms with Gasteiger partial charge in [0.25, 0.3) is 0 Å². The van der Waals surface area contributed by atoms with E-state index < -0.39 is 0 Å². The second-order valence-electron chi connectivity index (χ2n) is 7.90. The Morgan fingerprint density at radius 1 is 0.964 bits per heavy atom. The highest BCUT2D eigenvalue weighted by molar-refractivity contribution is 5.48. The maximum atomic E-state index is 5.83. The number of pyridine rings is 1. The average Bonchev–Trinajstić information content (AvgIpc) is 3.10. The normalized spacial score (nSPS) is 13.3. The van der Waals surface area contributed by atoms with Crippen LogP contribution in [0.5, 0.6) is 5.88 Å². The van der Waals surface area contributed by atoms with Crippen molar-refractivity contribution < 1.29 is 4.74 Å². The lowest BCUT2D eigenvalue weighted by Gasteiger charge is -2.20. The van der Waals surface area contributed by atoms with Gasteiger partial charge < -0.3 is 15.0 Å². The Morgan fingerprint density at radius 3 is 2.43 bits per heavy atom. The van der Waals surface area contributed by atoms with E-state index in [1.165, 1.54) is 11.1 Å². The van der Waals surface area contributed by atoms with Gasteiger partial charge in [0.1, 0.15) is 11.4 Å². The Kier molecular flexibility index (Phi) is 4.86. The number of nitrogens with one attached hydrogen (secondary N) is 1. The van der Waals surface area contributed by atoms with Crippen LogP contribution in [0.3, 0.4) is 0 Å². The molecule has 0 spiro atoms. The van der Waals surface area contributed by atoms with Crippen molar-refractivity contribution in [3.8, 4) is 5.88 Å². The minimum Gasteiger partial charge on any atom is -0.472 e. The highest BCUT2D eigenvalue weighted by atomic mass is 16.5. The summed E-state index contributed by atoms with van der Waals surface area (Å²) in [5.41, 5.74) is 3.32. The fraction of sp³-hybridized carbons (Fsp3) is 0.318. The van der Waals surface area contributed by atoms with E-state index in [0.717, 1.165) is 24.6 Å². The van der Waals surface area contributed by atoms with Crippen molar-refractivity contribution in [1.29, 1.82) is 0 Å². The van der Waals surface area contributed by atoms with Crippen molar-refractivity contribution in [2.24, 2.45) is 0 Å². The molecule has 0 saturated carbocycles. The van der Waals surface area contributed by atoms with Crippen LogP contribution in [0.1, 0.15) is 37.6 Å². The molecule has 0 radical (unpaired) electrons. The van der Waals surface area contributed by atoms with E-state index in [1.54, 1.807) is 6.20 Å². The molecule has 4 rings (SSSR count). The minimum absolute atomic E-state index is 0.274. The van der Waals surface area contributed by atoms with Crippen LogP contribution in [0.25, 0.3) is 0 Å². The number of ether oxygens (including phenoxy) is 1. The first-order chi connectivity index (χ1) is 13.5. The van der Waals surface area contributed by atoms with Gasteiger partial charge in [-0.3, -0.25) is 0 Å². The summed E-state index contributed by atoms with van der Waals surface area (Å²) in [6, 6.07) is 16.2. The second-order valence-corrected chi connectivity index (χ2v) is 7.90. The molecular formula is C22H25N5O. The van der Waals surface area contributed by atoms with E-state index >= 15 is 0 Å². The predicted molar refractivity (Wildman–Crippen MR) is 110 cm³/mol. The molecule has 0 saturated heterocycles. The van der Waals surface area contributed by atoms with E-state index in [2.05, 4.69) is 49.4 Å². The molecule has 6 heteroatoms. The third-order valence-electron chi connectivity index (χ3n) is 4.43. The summed E-state index contributed by atoms with van der Waals surface area (Å²) >= 11 is 0. The Labute approximate surface area is 165 Å². The lowest BCUT2D eigenvalue weighted by molar-refractivity contribution is 0.124. The van der Waals surface area contributed by atoms with Crippen molar-refractivity contribution >= 4 is 11.8 Å². The minimum atomic E-state index is -0.274. The summed E-state index contributed by atoms with van der Waals surface area (Å²) in [5.74, 6) is 2.14. The number of fused-ring (bicyclic) bond motifs is 1. The molecule has 1 aliphatic heterocycles. The molecule has 1 aliphatic rings. The van der Waals surface area contributed by atoms with Gasteiger partial charge in [-0.05, 0) is 44.0 Å². The Morgan fingerprint density at radius 2 is 1.71 bits per heavy atom. The number of aromatic nitrogens is 3. The van der Waals surface area contributed by atoms with E-state index in [0.29, 0.717) is 18.4 Å². The Bertz CT molecular complexity index is 942. The zero-order valence-corrected chi connectivity index (χ0v) is 16.5. The van der Waals surface area contributed by atoms with E-state index in [-0.39, 0.29) is 5.60 Å². The molecule has 0 unspecified atom stereocenters. The third kappa shape index (κ3) is 4.39. The van der Waals surface area contributed by atoms with Crippen LogP contribution in [0.15, 0.2) is 54.7 Å². The highest BCUT2D eigenvalue weighted by Crippen LogP contribution is 2.27. The number of hydrogen-bond acceptors (Lipinski definition) is 6. The van der Waals surface area contributed by atoms with Gasteiger partial charge in [-0.2, -0.15) is 4.98 Å². The first-order valence-electron chi connectivity index (χ1n) is 9.50. The molecule has 1 aromatic carbocycles. The maximum absolute atomic E-state index is 5.83. The topological polar surface area (TPSA) is 63.2 Å². The first kappa shape index (κ1) is 18.2. The molecule has 1 N–H and O–H groups in total. The summed E-state index contributed by atoms with van der Waals surface area (Å²) < 4.78 is 5.83. The van der Waals surface area contributed by atoms with Gasteiger partial charge in [0.05, 0.1) is 12.2 Å². The molecule has 144 valence electrons. The smallest absolute Gasteiger partial charge is 0.224 e. The number of hydrogen-bond donors (Lipinski definition) is 1. The lowest BCUT2D eigenvalue weighted by atomic mass is 10.1. The van der Waals surface area contributed by atoms with Crippen LogP contribution < -0.4 is 15.0 Å². The summed E-state index contributed by atoms with van der Waals surface area (Å²) in [6.07, 6.45) is 1.79. The molecule has 0 fully saturated rings. The Hall–Kier alpha value is -3.15. The molecule has 28 heavy (non-hydrogen) atoms. The van der Waals surface area contributed by atoms with Gasteiger partial charge in [0.2, 0.25) is 11.8 Å². The molecule has 2 aromatic heterocycles. The second kappa shape index (κ2) is 7.46. The van der Waals surface area contributed by atoms with Gasteiger partial charge in [-0.1, -0.05) is 30.3 Å². The summed E-state index contributed by atoms with van der Waals surface area (Å²) in [7, 11) is 0. The lowest BCUT2D eigenvalue weighted by Crippen LogP contribution is -2.23. The maximum Gasteiger partial charge on any atom is 0.224 e. The van der Waals surface area contributed by atoms with Crippen LogP contribution >= 0.6 is 0 Å². The number of anilines is 2. The van der Waals surface area contributed by atoms with Crippen molar-refractivity contribution in [3.63, 3.8) is 0 Å². The standard InChI is InChI=1S/C22H25N5O/c1-22(2,3)28-20-10-6-9-18(25-20)13-24-21-23-12-11-19(26-21)27-14-16-7-4-5-8-17(16)15-27/h4-12H,13-15H2,1-3H3,(H,23,24,26). The van der Waals surface area contributed by atoms with Gasteiger partial charge >= 0.3 is 0 Å². The van der Waals surface area contributed by atoms with E-state index in [4.69, 9.17) is 4.74 Å². The van der Waals surface area contributed by atoms with Crippen molar-refractivity contribution in [2.75, 3.05) is 10.2 Å². The molecule has 0 atom stereocenters. The fourth-order valence-electron chi connectivity index (χ4n) is 3.20. The molecule has 6 nitrogen and oxygen atoms in total. The molecule has 0 amide bonds. The van der Waals surface area contributed by atoms with Crippen LogP contribution in [0.2, 0.25) is 0 Å². The average molecular weight is 375 g/mol. The van der Waals surface area contributed by atoms with E-state index in [1.807, 2.05) is 45.0 Å². The number of nitrogens with zero attached hydrogens (tertiary/aromatic N) is 4. The van der Waals surface area contributed by atoms with Crippen molar-refractivity contribution in [1.82, 2.24) is 15.0 Å². The fourth-order valence-corrected chi connectivity index (χ4v) is 3.20. The SMILES string of the molecule is CC(C)(C)Oc1cccc(CNc2nccc(N3Cc4ccccc4C3)n2)n1. The third-order valence-corrected chi connectivity index (χ3v) is 4.43. The summed E-state index contributed by atoms with van der Waals surface area (Å²) in [4.78, 5) is 15.8. The monoisotopic (exact) mass is 375 g/mol. The molecule has 0 bridgehead atoms. The zero-order chi connectivity index (χ0) is 19.6. The largest absolute Gasteiger partial charge is 0.472 e. The summed E-state index contributed by atoms with van der Waals surface area (Å²) in [6.45, 7) is 8.31. The Balaban J connectivity index is 1.42. The quantitative estimate of drug-likeness (QED) is 0.722. The van der Waals surface area contributed by atoms with Crippen LogP contribution in [-0.4, -0.2) is 20.6 Å². The number of benzene rings is 1. The van der Waals surface area contributed by atoms with Crippen LogP contribution in [-0.2, 0) is 19.6 Å². The molecule has 3 aromatic rings. The van der Waals surface area contributed by atoms with Crippen molar-refractivity contribution in [2.45, 2.75) is 46.0 Å². The zero-order valence-electron chi connectivity index (χ0n) is 16.5. The van der Waals surface area contributed by atoms with Gasteiger partial charge in [-0.15, -0.1) is 0 Å². The van der Waals surface area contributed by atoms with Crippen LogP contribution in [0.4, 0.5) is 11.8 Å². The molecular weight excluding hydrogens is 350 g/mol. The van der Waals surface area contributed by atoms with Crippen LogP contribution in [0, 0.1) is 0 Å². The highest BCUT2D eigenvalue weighted by Gasteiger charge is 2.20.